The number of ether oxygens (including phenoxy) is 3. The molecule has 18 heteroatoms. The van der Waals surface area contributed by atoms with Gasteiger partial charge < -0.3 is 24.8 Å². The van der Waals surface area contributed by atoms with Crippen LogP contribution in [0.5, 0.6) is 11.5 Å². The lowest BCUT2D eigenvalue weighted by Gasteiger charge is -2.33. The van der Waals surface area contributed by atoms with E-state index in [-0.39, 0.29) is 24.3 Å². The Bertz CT molecular complexity index is 2710. The summed E-state index contributed by atoms with van der Waals surface area (Å²) in [5, 5.41) is 36.0. The first-order valence-corrected chi connectivity index (χ1v) is 19.0. The Balaban J connectivity index is 0.962. The van der Waals surface area contributed by atoms with Crippen LogP contribution in [0.15, 0.2) is 90.0 Å². The molecule has 61 heavy (non-hydrogen) atoms. The van der Waals surface area contributed by atoms with E-state index in [1.807, 2.05) is 30.3 Å². The highest BCUT2D eigenvalue weighted by molar-refractivity contribution is 5.98. The zero-order valence-electron chi connectivity index (χ0n) is 32.7. The van der Waals surface area contributed by atoms with Crippen molar-refractivity contribution in [3.05, 3.63) is 135 Å². The number of anilines is 2. The number of benzene rings is 4. The second-order valence-corrected chi connectivity index (χ2v) is 14.5. The topological polar surface area (TPSA) is 193 Å². The number of hydrogen-bond acceptors (Lipinski definition) is 11. The van der Waals surface area contributed by atoms with Crippen LogP contribution in [-0.2, 0) is 22.8 Å². The van der Waals surface area contributed by atoms with E-state index < -0.39 is 52.1 Å². The van der Waals surface area contributed by atoms with Crippen molar-refractivity contribution < 1.29 is 36.6 Å². The van der Waals surface area contributed by atoms with Gasteiger partial charge in [0.15, 0.2) is 5.60 Å². The third-order valence-corrected chi connectivity index (χ3v) is 10.2. The standard InChI is InChI=1S/C43H37F4N9O5/c1-42(23-60-31-12-6-25(21-48)7-13-31,41(58)52-29-11-8-27(22-49)33(20-29)43(45,46)47)61-17-5-3-4-16-59-30-14-9-26(10-15-30)37-36(39-50-24-51-56(39)2)38-35-32(40(57)55-54-38)18-28(44)19-34(35)53-37/h6-15,18-20,24,36-37,53H,3-5,16-17,23H2,1-2H3,(H,52,58)(H,55,57)/t36-,37-,42?/m1/s1. The number of carbonyl (C=O) groups excluding carboxylic acids is 1. The van der Waals surface area contributed by atoms with E-state index in [0.29, 0.717) is 71.6 Å². The molecular weight excluding hydrogens is 799 g/mol. The molecule has 7 rings (SSSR count). The summed E-state index contributed by atoms with van der Waals surface area (Å²) in [6.45, 7) is 1.60. The van der Waals surface area contributed by atoms with Gasteiger partial charge in [-0.1, -0.05) is 12.1 Å². The molecule has 3 atom stereocenters. The van der Waals surface area contributed by atoms with Gasteiger partial charge in [-0.3, -0.25) is 14.3 Å². The number of aryl methyl sites for hydroxylation is 1. The summed E-state index contributed by atoms with van der Waals surface area (Å²) in [4.78, 5) is 30.7. The van der Waals surface area contributed by atoms with E-state index in [1.165, 1.54) is 49.7 Å². The lowest BCUT2D eigenvalue weighted by atomic mass is 9.83. The number of nitriles is 2. The summed E-state index contributed by atoms with van der Waals surface area (Å²) in [5.74, 6) is -0.296. The zero-order valence-corrected chi connectivity index (χ0v) is 32.7. The van der Waals surface area contributed by atoms with Crippen molar-refractivity contribution in [1.29, 1.82) is 10.5 Å². The van der Waals surface area contributed by atoms with Crippen LogP contribution < -0.4 is 25.7 Å². The molecule has 1 amide bonds. The van der Waals surface area contributed by atoms with Crippen molar-refractivity contribution in [2.24, 2.45) is 7.05 Å². The first-order chi connectivity index (χ1) is 29.3. The summed E-state index contributed by atoms with van der Waals surface area (Å²) in [7, 11) is 1.76. The number of nitrogens with one attached hydrogen (secondary N) is 3. The minimum absolute atomic E-state index is 0.0983. The van der Waals surface area contributed by atoms with E-state index in [9.17, 15) is 27.2 Å². The number of aromatic amines is 1. The lowest BCUT2D eigenvalue weighted by Crippen LogP contribution is -2.48. The second kappa shape index (κ2) is 17.5. The molecule has 4 aromatic carbocycles. The summed E-state index contributed by atoms with van der Waals surface area (Å²) in [6.07, 6.45) is -1.63. The van der Waals surface area contributed by atoms with Crippen molar-refractivity contribution >= 4 is 28.1 Å². The van der Waals surface area contributed by atoms with Crippen LogP contribution >= 0.6 is 0 Å². The molecule has 1 aliphatic heterocycles. The number of hydrogen-bond donors (Lipinski definition) is 3. The molecule has 0 saturated heterocycles. The number of alkyl halides is 3. The van der Waals surface area contributed by atoms with Gasteiger partial charge >= 0.3 is 6.18 Å². The molecule has 1 aliphatic rings. The molecule has 0 bridgehead atoms. The van der Waals surface area contributed by atoms with Gasteiger partial charge in [0, 0.05) is 30.4 Å². The normalized spacial score (nSPS) is 15.5. The average Bonchev–Trinajstić information content (AvgIpc) is 3.68. The number of amides is 1. The fourth-order valence-electron chi connectivity index (χ4n) is 7.05. The Labute approximate surface area is 345 Å². The largest absolute Gasteiger partial charge is 0.494 e. The Morgan fingerprint density at radius 1 is 0.934 bits per heavy atom. The first-order valence-electron chi connectivity index (χ1n) is 19.0. The number of rotatable bonds is 15. The maximum atomic E-state index is 14.7. The quantitative estimate of drug-likeness (QED) is 0.0695. The minimum Gasteiger partial charge on any atom is -0.494 e. The monoisotopic (exact) mass is 835 g/mol. The van der Waals surface area contributed by atoms with Gasteiger partial charge in [-0.15, -0.1) is 0 Å². The van der Waals surface area contributed by atoms with Crippen LogP contribution in [0.2, 0.25) is 0 Å². The van der Waals surface area contributed by atoms with E-state index in [2.05, 4.69) is 30.9 Å². The Kier molecular flexibility index (Phi) is 12.0. The zero-order chi connectivity index (χ0) is 43.3. The van der Waals surface area contributed by atoms with E-state index in [1.54, 1.807) is 23.9 Å². The maximum Gasteiger partial charge on any atom is 0.417 e. The molecule has 2 aromatic heterocycles. The molecule has 3 heterocycles. The molecule has 0 spiro atoms. The molecule has 3 N–H and O–H groups in total. The Morgan fingerprint density at radius 3 is 2.34 bits per heavy atom. The number of aromatic nitrogens is 5. The fraction of sp³-hybridized carbons (Fsp3) is 0.279. The molecule has 0 saturated carbocycles. The molecule has 6 aromatic rings. The number of H-pyrrole nitrogens is 1. The van der Waals surface area contributed by atoms with Crippen LogP contribution in [0.25, 0.3) is 10.8 Å². The van der Waals surface area contributed by atoms with E-state index in [4.69, 9.17) is 24.7 Å². The number of carbonyl (C=O) groups is 1. The van der Waals surface area contributed by atoms with Crippen molar-refractivity contribution in [2.75, 3.05) is 30.5 Å². The third kappa shape index (κ3) is 9.14. The van der Waals surface area contributed by atoms with Crippen LogP contribution in [0, 0.1) is 28.5 Å². The molecule has 1 unspecified atom stereocenters. The Hall–Kier alpha value is -7.31. The second-order valence-electron chi connectivity index (χ2n) is 14.5. The van der Waals surface area contributed by atoms with Gasteiger partial charge in [-0.2, -0.15) is 33.9 Å². The van der Waals surface area contributed by atoms with Gasteiger partial charge in [0.2, 0.25) is 0 Å². The van der Waals surface area contributed by atoms with Gasteiger partial charge in [0.05, 0.1) is 58.5 Å². The Morgan fingerprint density at radius 2 is 1.66 bits per heavy atom. The van der Waals surface area contributed by atoms with Crippen LogP contribution in [0.4, 0.5) is 28.9 Å². The molecule has 0 radical (unpaired) electrons. The van der Waals surface area contributed by atoms with Crippen LogP contribution in [0.1, 0.15) is 71.9 Å². The van der Waals surface area contributed by atoms with Crippen molar-refractivity contribution in [3.63, 3.8) is 0 Å². The SMILES string of the molecule is Cn1ncnc1[C@H]1c2n[nH]c(=O)c3cc(F)cc(c23)N[C@@H]1c1ccc(OCCCCCOC(C)(COc2ccc(C#N)cc2)C(=O)Nc2ccc(C#N)c(C(F)(F)F)c2)cc1. The summed E-state index contributed by atoms with van der Waals surface area (Å²) in [5.41, 5.74) is -1.93. The average molecular weight is 836 g/mol. The summed E-state index contributed by atoms with van der Waals surface area (Å²) >= 11 is 0. The van der Waals surface area contributed by atoms with Gasteiger partial charge in [0.25, 0.3) is 11.5 Å². The molecule has 312 valence electrons. The predicted octanol–water partition coefficient (Wildman–Crippen LogP) is 7.29. The van der Waals surface area contributed by atoms with E-state index in [0.717, 1.165) is 11.6 Å². The molecule has 14 nitrogen and oxygen atoms in total. The number of nitrogens with zero attached hydrogens (tertiary/aromatic N) is 6. The minimum atomic E-state index is -4.82. The fourth-order valence-corrected chi connectivity index (χ4v) is 7.05. The van der Waals surface area contributed by atoms with E-state index >= 15 is 0 Å². The smallest absolute Gasteiger partial charge is 0.417 e. The van der Waals surface area contributed by atoms with Gasteiger partial charge in [-0.25, -0.2) is 14.5 Å². The third-order valence-electron chi connectivity index (χ3n) is 10.2. The highest BCUT2D eigenvalue weighted by Crippen LogP contribution is 2.46. The van der Waals surface area contributed by atoms with Crippen LogP contribution in [-0.4, -0.2) is 56.3 Å². The highest BCUT2D eigenvalue weighted by atomic mass is 19.4. The first kappa shape index (κ1) is 41.8. The maximum absolute atomic E-state index is 14.7. The van der Waals surface area contributed by atoms with Crippen LogP contribution in [0.3, 0.4) is 0 Å². The highest BCUT2D eigenvalue weighted by Gasteiger charge is 2.39. The summed E-state index contributed by atoms with van der Waals surface area (Å²) < 4.78 is 75.0. The van der Waals surface area contributed by atoms with Crippen molar-refractivity contribution in [2.45, 2.75) is 49.9 Å². The number of halogens is 4. The van der Waals surface area contributed by atoms with Gasteiger partial charge in [-0.05, 0) is 98.5 Å². The summed E-state index contributed by atoms with van der Waals surface area (Å²) in [6, 6.07) is 22.0. The lowest BCUT2D eigenvalue weighted by molar-refractivity contribution is -0.143. The van der Waals surface area contributed by atoms with Crippen molar-refractivity contribution in [3.8, 4) is 23.6 Å². The van der Waals surface area contributed by atoms with Gasteiger partial charge in [0.1, 0.15) is 36.1 Å². The molecule has 0 aliphatic carbocycles. The predicted molar refractivity (Wildman–Crippen MR) is 213 cm³/mol. The number of unbranched alkanes of at least 4 members (excludes halogenated alkanes) is 2. The molecule has 0 fully saturated rings. The van der Waals surface area contributed by atoms with Crippen molar-refractivity contribution in [1.82, 2.24) is 25.0 Å². The molecular formula is C43H37F4N9O5.